The first-order valence-corrected chi connectivity index (χ1v) is 8.20. The molecule has 25 heavy (non-hydrogen) atoms. The second kappa shape index (κ2) is 7.79. The number of halogens is 1. The van der Waals surface area contributed by atoms with Gasteiger partial charge in [0.15, 0.2) is 6.61 Å². The summed E-state index contributed by atoms with van der Waals surface area (Å²) in [4.78, 5) is 26.5. The van der Waals surface area contributed by atoms with Crippen LogP contribution in [0.3, 0.4) is 0 Å². The van der Waals surface area contributed by atoms with Gasteiger partial charge in [-0.3, -0.25) is 9.59 Å². The number of hydrogen-bond donors (Lipinski definition) is 1. The van der Waals surface area contributed by atoms with Crippen LogP contribution in [0.2, 0.25) is 0 Å². The molecule has 5 nitrogen and oxygen atoms in total. The molecule has 1 saturated heterocycles. The Morgan fingerprint density at radius 1 is 1.04 bits per heavy atom. The van der Waals surface area contributed by atoms with Gasteiger partial charge in [0.2, 0.25) is 0 Å². The number of carbonyl (C=O) groups is 2. The van der Waals surface area contributed by atoms with E-state index in [1.807, 2.05) is 0 Å². The lowest BCUT2D eigenvalue weighted by molar-refractivity contribution is -0.118. The minimum Gasteiger partial charge on any atom is -0.484 e. The molecule has 1 aliphatic rings. The van der Waals surface area contributed by atoms with Gasteiger partial charge in [-0.1, -0.05) is 12.1 Å². The lowest BCUT2D eigenvalue weighted by Crippen LogP contribution is -2.29. The SMILES string of the molecule is O=C(COc1ccc(F)cc1)Nc1ccccc1C(=O)N1CCCC1. The van der Waals surface area contributed by atoms with E-state index in [0.29, 0.717) is 17.0 Å². The summed E-state index contributed by atoms with van der Waals surface area (Å²) in [6.45, 7) is 1.27. The van der Waals surface area contributed by atoms with Gasteiger partial charge in [-0.2, -0.15) is 0 Å². The summed E-state index contributed by atoms with van der Waals surface area (Å²) in [5.41, 5.74) is 0.937. The van der Waals surface area contributed by atoms with Gasteiger partial charge in [0, 0.05) is 13.1 Å². The fourth-order valence-electron chi connectivity index (χ4n) is 2.74. The number of rotatable bonds is 5. The third-order valence-electron chi connectivity index (χ3n) is 4.01. The van der Waals surface area contributed by atoms with Crippen molar-refractivity contribution in [2.45, 2.75) is 12.8 Å². The largest absolute Gasteiger partial charge is 0.484 e. The van der Waals surface area contributed by atoms with Crippen LogP contribution in [0.25, 0.3) is 0 Å². The zero-order chi connectivity index (χ0) is 17.6. The number of carbonyl (C=O) groups excluding carboxylic acids is 2. The van der Waals surface area contributed by atoms with Gasteiger partial charge >= 0.3 is 0 Å². The van der Waals surface area contributed by atoms with Gasteiger partial charge in [0.25, 0.3) is 11.8 Å². The van der Waals surface area contributed by atoms with Gasteiger partial charge in [0.05, 0.1) is 11.3 Å². The molecule has 2 aromatic rings. The van der Waals surface area contributed by atoms with Crippen molar-refractivity contribution < 1.29 is 18.7 Å². The Labute approximate surface area is 145 Å². The van der Waals surface area contributed by atoms with Crippen LogP contribution in [0, 0.1) is 5.82 Å². The van der Waals surface area contributed by atoms with Crippen LogP contribution in [0.5, 0.6) is 5.75 Å². The van der Waals surface area contributed by atoms with E-state index in [1.54, 1.807) is 29.2 Å². The number of nitrogens with one attached hydrogen (secondary N) is 1. The van der Waals surface area contributed by atoms with Crippen molar-refractivity contribution in [2.24, 2.45) is 0 Å². The predicted octanol–water partition coefficient (Wildman–Crippen LogP) is 3.08. The zero-order valence-electron chi connectivity index (χ0n) is 13.7. The molecule has 0 aromatic heterocycles. The Bertz CT molecular complexity index is 756. The molecule has 1 heterocycles. The smallest absolute Gasteiger partial charge is 0.262 e. The van der Waals surface area contributed by atoms with E-state index in [1.165, 1.54) is 24.3 Å². The average Bonchev–Trinajstić information content (AvgIpc) is 3.16. The Morgan fingerprint density at radius 3 is 2.44 bits per heavy atom. The third kappa shape index (κ3) is 4.35. The van der Waals surface area contributed by atoms with Crippen LogP contribution in [0.15, 0.2) is 48.5 Å². The molecule has 0 bridgehead atoms. The van der Waals surface area contributed by atoms with Crippen molar-refractivity contribution in [3.8, 4) is 5.75 Å². The molecule has 2 amide bonds. The van der Waals surface area contributed by atoms with Crippen LogP contribution in [-0.2, 0) is 4.79 Å². The average molecular weight is 342 g/mol. The second-order valence-electron chi connectivity index (χ2n) is 5.84. The van der Waals surface area contributed by atoms with E-state index < -0.39 is 0 Å². The first-order chi connectivity index (χ1) is 12.1. The first-order valence-electron chi connectivity index (χ1n) is 8.20. The van der Waals surface area contributed by atoms with Crippen LogP contribution in [0.1, 0.15) is 23.2 Å². The molecule has 2 aromatic carbocycles. The molecule has 0 atom stereocenters. The van der Waals surface area contributed by atoms with Gasteiger partial charge < -0.3 is 15.0 Å². The monoisotopic (exact) mass is 342 g/mol. The van der Waals surface area contributed by atoms with Crippen molar-refractivity contribution in [2.75, 3.05) is 25.0 Å². The zero-order valence-corrected chi connectivity index (χ0v) is 13.7. The second-order valence-corrected chi connectivity index (χ2v) is 5.84. The Balaban J connectivity index is 1.62. The highest BCUT2D eigenvalue weighted by Crippen LogP contribution is 2.20. The number of amides is 2. The lowest BCUT2D eigenvalue weighted by Gasteiger charge is -2.18. The Hall–Kier alpha value is -2.89. The maximum Gasteiger partial charge on any atom is 0.262 e. The normalized spacial score (nSPS) is 13.6. The molecule has 1 N–H and O–H groups in total. The molecule has 0 spiro atoms. The van der Waals surface area contributed by atoms with Crippen molar-refractivity contribution >= 4 is 17.5 Å². The van der Waals surface area contributed by atoms with Crippen LogP contribution in [0.4, 0.5) is 10.1 Å². The van der Waals surface area contributed by atoms with E-state index in [-0.39, 0.29) is 24.2 Å². The molecule has 0 unspecified atom stereocenters. The molecule has 1 fully saturated rings. The molecular formula is C19H19FN2O3. The number of benzene rings is 2. The van der Waals surface area contributed by atoms with Crippen LogP contribution >= 0.6 is 0 Å². The van der Waals surface area contributed by atoms with Crippen LogP contribution in [-0.4, -0.2) is 36.4 Å². The number of para-hydroxylation sites is 1. The predicted molar refractivity (Wildman–Crippen MR) is 92.1 cm³/mol. The molecule has 0 saturated carbocycles. The lowest BCUT2D eigenvalue weighted by atomic mass is 10.1. The summed E-state index contributed by atoms with van der Waals surface area (Å²) in [7, 11) is 0. The van der Waals surface area contributed by atoms with Crippen molar-refractivity contribution in [3.63, 3.8) is 0 Å². The fraction of sp³-hybridized carbons (Fsp3) is 0.263. The highest BCUT2D eigenvalue weighted by molar-refractivity contribution is 6.04. The highest BCUT2D eigenvalue weighted by atomic mass is 19.1. The maximum absolute atomic E-state index is 12.9. The van der Waals surface area contributed by atoms with Gasteiger partial charge in [-0.05, 0) is 49.2 Å². The Kier molecular flexibility index (Phi) is 5.28. The summed E-state index contributed by atoms with van der Waals surface area (Å²) >= 11 is 0. The summed E-state index contributed by atoms with van der Waals surface area (Å²) in [5.74, 6) is -0.428. The standard InChI is InChI=1S/C19H19FN2O3/c20-14-7-9-15(10-8-14)25-13-18(23)21-17-6-2-1-5-16(17)19(24)22-11-3-4-12-22/h1-2,5-10H,3-4,11-13H2,(H,21,23). The number of likely N-dealkylation sites (tertiary alicyclic amines) is 1. The van der Waals surface area contributed by atoms with Gasteiger partial charge in [-0.15, -0.1) is 0 Å². The van der Waals surface area contributed by atoms with E-state index in [4.69, 9.17) is 4.74 Å². The molecule has 0 aliphatic carbocycles. The molecule has 1 aliphatic heterocycles. The van der Waals surface area contributed by atoms with Crippen molar-refractivity contribution in [1.29, 1.82) is 0 Å². The summed E-state index contributed by atoms with van der Waals surface area (Å²) in [6, 6.07) is 12.4. The molecule has 3 rings (SSSR count). The van der Waals surface area contributed by atoms with E-state index in [0.717, 1.165) is 25.9 Å². The van der Waals surface area contributed by atoms with E-state index in [2.05, 4.69) is 5.32 Å². The Morgan fingerprint density at radius 2 is 1.72 bits per heavy atom. The fourth-order valence-corrected chi connectivity index (χ4v) is 2.74. The number of ether oxygens (including phenoxy) is 1. The minimum absolute atomic E-state index is 0.0761. The molecule has 0 radical (unpaired) electrons. The number of nitrogens with zero attached hydrogens (tertiary/aromatic N) is 1. The summed E-state index contributed by atoms with van der Waals surface area (Å²) in [6.07, 6.45) is 2.01. The topological polar surface area (TPSA) is 58.6 Å². The molecule has 6 heteroatoms. The summed E-state index contributed by atoms with van der Waals surface area (Å²) < 4.78 is 18.2. The van der Waals surface area contributed by atoms with Crippen molar-refractivity contribution in [1.82, 2.24) is 4.90 Å². The third-order valence-corrected chi connectivity index (χ3v) is 4.01. The van der Waals surface area contributed by atoms with Crippen LogP contribution < -0.4 is 10.1 Å². The molecular weight excluding hydrogens is 323 g/mol. The molecule has 130 valence electrons. The quantitative estimate of drug-likeness (QED) is 0.908. The van der Waals surface area contributed by atoms with Gasteiger partial charge in [0.1, 0.15) is 11.6 Å². The minimum atomic E-state index is -0.383. The number of hydrogen-bond acceptors (Lipinski definition) is 3. The van der Waals surface area contributed by atoms with E-state index in [9.17, 15) is 14.0 Å². The van der Waals surface area contributed by atoms with E-state index >= 15 is 0 Å². The first kappa shape index (κ1) is 17.0. The maximum atomic E-state index is 12.9. The number of anilines is 1. The summed E-state index contributed by atoms with van der Waals surface area (Å²) in [5, 5.41) is 2.71. The van der Waals surface area contributed by atoms with Crippen molar-refractivity contribution in [3.05, 3.63) is 59.9 Å². The van der Waals surface area contributed by atoms with Gasteiger partial charge in [-0.25, -0.2) is 4.39 Å². The highest BCUT2D eigenvalue weighted by Gasteiger charge is 2.22.